The molecule has 1 aliphatic rings. The summed E-state index contributed by atoms with van der Waals surface area (Å²) in [6.07, 6.45) is 2.06. The van der Waals surface area contributed by atoms with Crippen LogP contribution in [0.1, 0.15) is 163 Å². The van der Waals surface area contributed by atoms with E-state index < -0.39 is 173 Å². The number of aliphatic carboxylic acids is 1. The summed E-state index contributed by atoms with van der Waals surface area (Å²) >= 11 is 0. The van der Waals surface area contributed by atoms with Gasteiger partial charge in [0.1, 0.15) is 60.4 Å². The molecule has 1 saturated heterocycles. The lowest BCUT2D eigenvalue weighted by molar-refractivity contribution is -0.161. The van der Waals surface area contributed by atoms with Gasteiger partial charge in [0.15, 0.2) is 0 Å². The molecule has 1 unspecified atom stereocenters. The predicted molar refractivity (Wildman–Crippen MR) is 341 cm³/mol. The van der Waals surface area contributed by atoms with Gasteiger partial charge in [0.25, 0.3) is 5.91 Å². The minimum Gasteiger partial charge on any atom is -0.479 e. The number of carboxylic acids is 1. The van der Waals surface area contributed by atoms with E-state index in [9.17, 15) is 63.3 Å². The van der Waals surface area contributed by atoms with Crippen LogP contribution in [0.3, 0.4) is 0 Å². The largest absolute Gasteiger partial charge is 0.479 e. The van der Waals surface area contributed by atoms with Gasteiger partial charge in [0.2, 0.25) is 65.1 Å². The van der Waals surface area contributed by atoms with Gasteiger partial charge in [0.05, 0.1) is 11.7 Å². The lowest BCUT2D eigenvalue weighted by atomic mass is 9.91. The molecule has 0 aliphatic carbocycles. The molecule has 26 heteroatoms. The normalized spacial score (nSPS) is 27.0. The molecule has 0 saturated carbocycles. The molecular weight excluding hydrogens is 1160 g/mol. The predicted octanol–water partition coefficient (Wildman–Crippen LogP) is 2.23. The van der Waals surface area contributed by atoms with Crippen molar-refractivity contribution in [3.8, 4) is 0 Å². The van der Waals surface area contributed by atoms with Crippen molar-refractivity contribution in [3.05, 3.63) is 12.2 Å². The Hall–Kier alpha value is -6.70. The van der Waals surface area contributed by atoms with E-state index in [1.54, 1.807) is 53.7 Å². The van der Waals surface area contributed by atoms with Gasteiger partial charge in [-0.3, -0.25) is 52.7 Å². The first-order valence-corrected chi connectivity index (χ1v) is 31.7. The van der Waals surface area contributed by atoms with Crippen LogP contribution in [0.15, 0.2) is 12.2 Å². The molecule has 7 N–H and O–H groups in total. The van der Waals surface area contributed by atoms with E-state index in [4.69, 9.17) is 0 Å². The van der Waals surface area contributed by atoms with Gasteiger partial charge in [-0.25, -0.2) is 4.79 Å². The van der Waals surface area contributed by atoms with Crippen LogP contribution in [-0.2, 0) is 57.5 Å². The Morgan fingerprint density at radius 3 is 1.42 bits per heavy atom. The number of hydrogen-bond acceptors (Lipinski definition) is 14. The van der Waals surface area contributed by atoms with Gasteiger partial charge < -0.3 is 70.9 Å². The number of carboxylic acid groups (broad SMARTS) is 1. The van der Waals surface area contributed by atoms with Crippen molar-refractivity contribution in [2.45, 2.75) is 241 Å². The number of carbonyl (C=O) groups is 12. The maximum atomic E-state index is 15.2. The second-order valence-corrected chi connectivity index (χ2v) is 27.3. The van der Waals surface area contributed by atoms with Gasteiger partial charge in [-0.05, 0) is 109 Å². The summed E-state index contributed by atoms with van der Waals surface area (Å²) in [5.74, 6) is -13.9. The highest BCUT2D eigenvalue weighted by molar-refractivity contribution is 6.06. The average molecular weight is 1280 g/mol. The molecule has 1 rings (SSSR count). The van der Waals surface area contributed by atoms with Crippen LogP contribution in [0, 0.1) is 35.5 Å². The Balaban J connectivity index is 4.51. The molecule has 0 aromatic rings. The fourth-order valence-corrected chi connectivity index (χ4v) is 11.1. The SMILES string of the molecule is C/C=C/C[C@@H](C)[C@@H](O)[C@H]1C(=O)N[C@H](CC)C(=O)N(C)C(C(=O)O)C(=O)N(C)[C@@H](CC(C)(C)O)C(=O)N[C@H](C(C)C)C(=O)N(C)[C@H](CCC(C)C)C(=O)N[C@H](C)C(=O)N[C@@H](C)C(=O)N(C)[C@@H](CC(C)C)C(=O)N(C)[C@H](CC(C)C)C(=O)N(C)[C@H](C(C)C)C(=O)N1C. The van der Waals surface area contributed by atoms with Gasteiger partial charge in [-0.2, -0.15) is 0 Å². The van der Waals surface area contributed by atoms with Crippen LogP contribution >= 0.6 is 0 Å². The molecular formula is C64H113N11O15. The summed E-state index contributed by atoms with van der Waals surface area (Å²) in [6.45, 7) is 28.1. The van der Waals surface area contributed by atoms with Crippen LogP contribution in [-0.4, -0.2) is 248 Å². The van der Waals surface area contributed by atoms with E-state index >= 15 is 9.59 Å². The highest BCUT2D eigenvalue weighted by atomic mass is 16.4. The number of carbonyl (C=O) groups excluding carboxylic acids is 11. The number of hydrogen-bond donors (Lipinski definition) is 7. The lowest BCUT2D eigenvalue weighted by Gasteiger charge is -2.41. The molecule has 0 radical (unpaired) electrons. The van der Waals surface area contributed by atoms with E-state index in [-0.39, 0.29) is 49.9 Å². The molecule has 0 spiro atoms. The quantitative estimate of drug-likeness (QED) is 0.0811. The average Bonchev–Trinajstić information content (AvgIpc) is 1.16. The van der Waals surface area contributed by atoms with Gasteiger partial charge in [-0.15, -0.1) is 0 Å². The molecule has 1 fully saturated rings. The molecule has 514 valence electrons. The minimum absolute atomic E-state index is 0.0306. The van der Waals surface area contributed by atoms with Crippen LogP contribution in [0.4, 0.5) is 0 Å². The Labute approximate surface area is 535 Å². The highest BCUT2D eigenvalue weighted by Crippen LogP contribution is 2.26. The molecule has 13 atom stereocenters. The summed E-state index contributed by atoms with van der Waals surface area (Å²) < 4.78 is 0. The van der Waals surface area contributed by atoms with Crippen molar-refractivity contribution in [2.75, 3.05) is 49.3 Å². The van der Waals surface area contributed by atoms with E-state index in [1.807, 2.05) is 41.5 Å². The maximum Gasteiger partial charge on any atom is 0.336 e. The van der Waals surface area contributed by atoms with Crippen molar-refractivity contribution in [3.63, 3.8) is 0 Å². The fraction of sp³-hybridized carbons (Fsp3) is 0.781. The first kappa shape index (κ1) is 81.3. The number of likely N-dealkylation sites (N-methyl/N-ethyl adjacent to an activating group) is 7. The van der Waals surface area contributed by atoms with Crippen LogP contribution in [0.5, 0.6) is 0 Å². The molecule has 1 aliphatic heterocycles. The number of aliphatic hydroxyl groups excluding tert-OH is 1. The Kier molecular flexibility index (Phi) is 32.3. The minimum atomic E-state index is -2.37. The van der Waals surface area contributed by atoms with Crippen LogP contribution in [0.25, 0.3) is 0 Å². The summed E-state index contributed by atoms with van der Waals surface area (Å²) in [4.78, 5) is 182. The zero-order valence-electron chi connectivity index (χ0n) is 58.4. The number of nitrogens with one attached hydrogen (secondary N) is 4. The molecule has 11 amide bonds. The third-order valence-electron chi connectivity index (χ3n) is 16.8. The molecule has 0 aromatic carbocycles. The molecule has 26 nitrogen and oxygen atoms in total. The number of aliphatic hydroxyl groups is 2. The van der Waals surface area contributed by atoms with E-state index in [2.05, 4.69) is 21.3 Å². The topological polar surface area (TPSA) is 336 Å². The second-order valence-electron chi connectivity index (χ2n) is 27.3. The van der Waals surface area contributed by atoms with Crippen molar-refractivity contribution in [1.82, 2.24) is 55.6 Å². The summed E-state index contributed by atoms with van der Waals surface area (Å²) in [7, 11) is 8.93. The third-order valence-corrected chi connectivity index (χ3v) is 16.8. The zero-order chi connectivity index (χ0) is 70.1. The van der Waals surface area contributed by atoms with Crippen molar-refractivity contribution in [2.24, 2.45) is 35.5 Å². The van der Waals surface area contributed by atoms with Gasteiger partial charge in [0, 0.05) is 55.8 Å². The Morgan fingerprint density at radius 2 is 0.978 bits per heavy atom. The number of nitrogens with zero attached hydrogens (tertiary/aromatic N) is 7. The van der Waals surface area contributed by atoms with Crippen LogP contribution < -0.4 is 21.3 Å². The van der Waals surface area contributed by atoms with Crippen molar-refractivity contribution >= 4 is 70.9 Å². The Morgan fingerprint density at radius 1 is 0.522 bits per heavy atom. The monoisotopic (exact) mass is 1280 g/mol. The van der Waals surface area contributed by atoms with E-state index in [1.165, 1.54) is 84.6 Å². The summed E-state index contributed by atoms with van der Waals surface area (Å²) in [5, 5.41) is 44.6. The molecule has 0 bridgehead atoms. The van der Waals surface area contributed by atoms with Gasteiger partial charge in [-0.1, -0.05) is 95.2 Å². The zero-order valence-corrected chi connectivity index (χ0v) is 58.4. The number of allylic oxidation sites excluding steroid dienone is 2. The molecule has 0 aromatic heterocycles. The smallest absolute Gasteiger partial charge is 0.336 e. The van der Waals surface area contributed by atoms with Crippen molar-refractivity contribution in [1.29, 1.82) is 0 Å². The second kappa shape index (κ2) is 35.8. The Bertz CT molecular complexity index is 2530. The first-order valence-electron chi connectivity index (χ1n) is 31.7. The number of amides is 11. The van der Waals surface area contributed by atoms with E-state index in [0.717, 1.165) is 28.8 Å². The third kappa shape index (κ3) is 22.3. The van der Waals surface area contributed by atoms with Gasteiger partial charge >= 0.3 is 5.97 Å². The summed E-state index contributed by atoms with van der Waals surface area (Å²) in [6, 6.07) is -16.4. The standard InChI is InChI=1S/C64H113N11O15/c1-25-27-28-39(13)51(76)49-55(80)67-42(26-2)57(82)75(24)50(63(88)89)62(87)72(21)46(33-64(16,17)90)54(79)68-47(37(9)10)60(85)69(18)43(30-29-34(3)4)53(78)65-40(14)52(77)66-41(15)56(81)70(19)44(31-35(5)6)58(83)71(20)45(32-36(7)8)59(84)73(22)48(38(11)12)61(86)74(49)23/h25,27,34-51,76,90H,26,28-33H2,1-24H3,(H,65,78)(H,66,77)(H,67,80)(H,68,79)(H,88,89)/b27-25+/t39-,40-,41+,42-,43-,44+,45-,46+,47-,48-,49+,50?,51-/m1/s1. The van der Waals surface area contributed by atoms with Crippen LogP contribution in [0.2, 0.25) is 0 Å². The lowest BCUT2D eigenvalue weighted by Crippen LogP contribution is -2.64. The highest BCUT2D eigenvalue weighted by Gasteiger charge is 2.47. The first-order chi connectivity index (χ1) is 41.3. The van der Waals surface area contributed by atoms with E-state index in [0.29, 0.717) is 11.3 Å². The molecule has 90 heavy (non-hydrogen) atoms. The maximum absolute atomic E-state index is 15.2. The summed E-state index contributed by atoms with van der Waals surface area (Å²) in [5.41, 5.74) is -1.72. The molecule has 1 heterocycles. The fourth-order valence-electron chi connectivity index (χ4n) is 11.1. The number of rotatable bonds is 17. The van der Waals surface area contributed by atoms with Crippen molar-refractivity contribution < 1.29 is 72.9 Å².